The second kappa shape index (κ2) is 4.20. The molecule has 0 radical (unpaired) electrons. The minimum atomic E-state index is 0.630. The van der Waals surface area contributed by atoms with E-state index in [2.05, 4.69) is 28.7 Å². The first kappa shape index (κ1) is 10.4. The molecule has 2 heterocycles. The van der Waals surface area contributed by atoms with Crippen molar-refractivity contribution in [1.82, 2.24) is 4.37 Å². The van der Waals surface area contributed by atoms with Crippen molar-refractivity contribution < 1.29 is 0 Å². The second-order valence-electron chi connectivity index (χ2n) is 3.39. The summed E-state index contributed by atoms with van der Waals surface area (Å²) in [6, 6.07) is 4.28. The Hall–Kier alpha value is -1.07. The highest BCUT2D eigenvalue weighted by atomic mass is 32.1. The molecule has 80 valence electrons. The summed E-state index contributed by atoms with van der Waals surface area (Å²) in [5.41, 5.74) is 6.72. The van der Waals surface area contributed by atoms with Gasteiger partial charge in [-0.3, -0.25) is 0 Å². The maximum Gasteiger partial charge on any atom is 0.142 e. The van der Waals surface area contributed by atoms with Crippen molar-refractivity contribution in [2.45, 2.75) is 20.4 Å². The molecule has 0 atom stereocenters. The molecule has 0 fully saturated rings. The molecule has 0 saturated heterocycles. The zero-order valence-electron chi connectivity index (χ0n) is 8.70. The molecular formula is C10H13N3S2. The summed E-state index contributed by atoms with van der Waals surface area (Å²) in [5.74, 6) is 0.630. The van der Waals surface area contributed by atoms with Gasteiger partial charge in [-0.1, -0.05) is 0 Å². The van der Waals surface area contributed by atoms with Crippen molar-refractivity contribution in [2.24, 2.45) is 0 Å². The van der Waals surface area contributed by atoms with E-state index in [1.165, 1.54) is 21.3 Å². The molecular weight excluding hydrogens is 226 g/mol. The van der Waals surface area contributed by atoms with E-state index in [1.54, 1.807) is 0 Å². The molecule has 0 aliphatic heterocycles. The van der Waals surface area contributed by atoms with Crippen LogP contribution in [0.4, 0.5) is 10.8 Å². The van der Waals surface area contributed by atoms with Gasteiger partial charge in [-0.15, -0.1) is 11.3 Å². The lowest BCUT2D eigenvalue weighted by Gasteiger charge is -2.01. The van der Waals surface area contributed by atoms with Gasteiger partial charge >= 0.3 is 0 Å². The van der Waals surface area contributed by atoms with Crippen LogP contribution in [0, 0.1) is 13.8 Å². The zero-order chi connectivity index (χ0) is 10.8. The molecule has 0 bridgehead atoms. The number of aryl methyl sites for hydroxylation is 1. The Morgan fingerprint density at radius 1 is 1.40 bits per heavy atom. The standard InChI is InChI=1S/C10H13N3S2/c1-6-3-4-8(14-6)5-12-10-7(2)9(11)13-15-10/h3-4,12H,5H2,1-2H3,(H2,11,13). The number of nitrogens with two attached hydrogens (primary N) is 1. The molecule has 5 heteroatoms. The summed E-state index contributed by atoms with van der Waals surface area (Å²) in [7, 11) is 0. The van der Waals surface area contributed by atoms with Crippen molar-refractivity contribution in [3.05, 3.63) is 27.5 Å². The van der Waals surface area contributed by atoms with Gasteiger partial charge in [0.05, 0.1) is 6.54 Å². The van der Waals surface area contributed by atoms with E-state index in [1.807, 2.05) is 18.3 Å². The fourth-order valence-electron chi connectivity index (χ4n) is 1.26. The van der Waals surface area contributed by atoms with E-state index in [0.29, 0.717) is 5.82 Å². The molecule has 0 saturated carbocycles. The van der Waals surface area contributed by atoms with Crippen molar-refractivity contribution in [1.29, 1.82) is 0 Å². The van der Waals surface area contributed by atoms with Crippen molar-refractivity contribution >= 4 is 33.7 Å². The number of aromatic nitrogens is 1. The van der Waals surface area contributed by atoms with E-state index in [4.69, 9.17) is 5.73 Å². The van der Waals surface area contributed by atoms with Crippen molar-refractivity contribution in [2.75, 3.05) is 11.1 Å². The molecule has 0 spiro atoms. The second-order valence-corrected chi connectivity index (χ2v) is 5.53. The topological polar surface area (TPSA) is 50.9 Å². The molecule has 3 N–H and O–H groups in total. The van der Waals surface area contributed by atoms with E-state index in [-0.39, 0.29) is 0 Å². The van der Waals surface area contributed by atoms with Crippen LogP contribution in [-0.4, -0.2) is 4.37 Å². The summed E-state index contributed by atoms with van der Waals surface area (Å²) >= 11 is 3.23. The first-order valence-corrected chi connectivity index (χ1v) is 6.26. The molecule has 0 amide bonds. The smallest absolute Gasteiger partial charge is 0.142 e. The largest absolute Gasteiger partial charge is 0.383 e. The monoisotopic (exact) mass is 239 g/mol. The molecule has 0 unspecified atom stereocenters. The van der Waals surface area contributed by atoms with Crippen molar-refractivity contribution in [3.63, 3.8) is 0 Å². The SMILES string of the molecule is Cc1ccc(CNc2snc(N)c2C)s1. The van der Waals surface area contributed by atoms with Gasteiger partial charge in [0.1, 0.15) is 10.8 Å². The zero-order valence-corrected chi connectivity index (χ0v) is 10.3. The predicted molar refractivity (Wildman–Crippen MR) is 67.6 cm³/mol. The van der Waals surface area contributed by atoms with Gasteiger partial charge in [0.2, 0.25) is 0 Å². The third-order valence-electron chi connectivity index (χ3n) is 2.18. The Kier molecular flexibility index (Phi) is 2.93. The highest BCUT2D eigenvalue weighted by Crippen LogP contribution is 2.26. The lowest BCUT2D eigenvalue weighted by molar-refractivity contribution is 1.20. The first-order valence-electron chi connectivity index (χ1n) is 4.68. The number of nitrogen functional groups attached to an aromatic ring is 1. The third kappa shape index (κ3) is 2.30. The summed E-state index contributed by atoms with van der Waals surface area (Å²) in [5, 5.41) is 4.42. The summed E-state index contributed by atoms with van der Waals surface area (Å²) in [6.45, 7) is 4.95. The molecule has 2 aromatic heterocycles. The highest BCUT2D eigenvalue weighted by molar-refractivity contribution is 7.12. The van der Waals surface area contributed by atoms with Crippen molar-refractivity contribution in [3.8, 4) is 0 Å². The maximum atomic E-state index is 5.68. The van der Waals surface area contributed by atoms with Gasteiger partial charge in [-0.05, 0) is 37.5 Å². The number of rotatable bonds is 3. The fraction of sp³-hybridized carbons (Fsp3) is 0.300. The van der Waals surface area contributed by atoms with Gasteiger partial charge in [-0.25, -0.2) is 0 Å². The normalized spacial score (nSPS) is 10.5. The molecule has 2 rings (SSSR count). The van der Waals surface area contributed by atoms with E-state index >= 15 is 0 Å². The van der Waals surface area contributed by atoms with Gasteiger partial charge in [0.15, 0.2) is 0 Å². The number of nitrogens with zero attached hydrogens (tertiary/aromatic N) is 1. The summed E-state index contributed by atoms with van der Waals surface area (Å²) in [4.78, 5) is 2.67. The molecule has 15 heavy (non-hydrogen) atoms. The molecule has 0 aliphatic rings. The van der Waals surface area contributed by atoms with Crippen LogP contribution in [0.1, 0.15) is 15.3 Å². The van der Waals surface area contributed by atoms with Crippen LogP contribution in [-0.2, 0) is 6.54 Å². The average Bonchev–Trinajstić information content (AvgIpc) is 2.74. The minimum absolute atomic E-state index is 0.630. The van der Waals surface area contributed by atoms with Gasteiger partial charge in [0.25, 0.3) is 0 Å². The van der Waals surface area contributed by atoms with Crippen LogP contribution in [0.5, 0.6) is 0 Å². The molecule has 2 aromatic rings. The molecule has 0 aromatic carbocycles. The Labute approximate surface area is 97.1 Å². The minimum Gasteiger partial charge on any atom is -0.383 e. The van der Waals surface area contributed by atoms with Crippen LogP contribution in [0.2, 0.25) is 0 Å². The number of nitrogens with one attached hydrogen (secondary N) is 1. The lowest BCUT2D eigenvalue weighted by Crippen LogP contribution is -1.97. The Morgan fingerprint density at radius 3 is 2.73 bits per heavy atom. The Balaban J connectivity index is 2.02. The number of hydrogen-bond donors (Lipinski definition) is 2. The Bertz CT molecular complexity index is 459. The fourth-order valence-corrected chi connectivity index (χ4v) is 2.80. The van der Waals surface area contributed by atoms with Gasteiger partial charge < -0.3 is 11.1 Å². The quantitative estimate of drug-likeness (QED) is 0.865. The van der Waals surface area contributed by atoms with Crippen LogP contribution >= 0.6 is 22.9 Å². The van der Waals surface area contributed by atoms with E-state index in [0.717, 1.165) is 17.1 Å². The first-order chi connectivity index (χ1) is 7.16. The highest BCUT2D eigenvalue weighted by Gasteiger charge is 2.06. The summed E-state index contributed by atoms with van der Waals surface area (Å²) in [6.07, 6.45) is 0. The summed E-state index contributed by atoms with van der Waals surface area (Å²) < 4.78 is 4.09. The third-order valence-corrected chi connectivity index (χ3v) is 4.10. The number of hydrogen-bond acceptors (Lipinski definition) is 5. The van der Waals surface area contributed by atoms with Crippen LogP contribution in [0.25, 0.3) is 0 Å². The lowest BCUT2D eigenvalue weighted by atomic mass is 10.3. The Morgan fingerprint density at radius 2 is 2.20 bits per heavy atom. The van der Waals surface area contributed by atoms with Crippen LogP contribution in [0.3, 0.4) is 0 Å². The average molecular weight is 239 g/mol. The van der Waals surface area contributed by atoms with E-state index in [9.17, 15) is 0 Å². The predicted octanol–water partition coefficient (Wildman–Crippen LogP) is 3.02. The van der Waals surface area contributed by atoms with Gasteiger partial charge in [-0.2, -0.15) is 4.37 Å². The molecule has 3 nitrogen and oxygen atoms in total. The number of thiophene rings is 1. The van der Waals surface area contributed by atoms with Gasteiger partial charge in [0, 0.05) is 15.3 Å². The van der Waals surface area contributed by atoms with Crippen LogP contribution < -0.4 is 11.1 Å². The van der Waals surface area contributed by atoms with E-state index < -0.39 is 0 Å². The maximum absolute atomic E-state index is 5.68. The molecule has 0 aliphatic carbocycles. The van der Waals surface area contributed by atoms with Crippen LogP contribution in [0.15, 0.2) is 12.1 Å². The number of anilines is 2.